The number of pyridine rings is 1. The second-order valence-corrected chi connectivity index (χ2v) is 6.07. The molecular weight excluding hydrogens is 336 g/mol. The number of ether oxygens (including phenoxy) is 2. The summed E-state index contributed by atoms with van der Waals surface area (Å²) in [6, 6.07) is 17.9. The Kier molecular flexibility index (Phi) is 5.67. The standard InChI is InChI=1S/C23H22N2O2/c1-16-8-9-20(19-6-5-7-21(14-19)26-3)15-22(16)23(27-4)25-17(2)18-10-12-24-13-11-18/h5-15H,2H2,1,3-4H3. The summed E-state index contributed by atoms with van der Waals surface area (Å²) >= 11 is 0. The van der Waals surface area contributed by atoms with E-state index in [2.05, 4.69) is 40.8 Å². The molecular formula is C23H22N2O2. The molecule has 0 unspecified atom stereocenters. The van der Waals surface area contributed by atoms with E-state index < -0.39 is 0 Å². The lowest BCUT2D eigenvalue weighted by Crippen LogP contribution is -2.06. The maximum absolute atomic E-state index is 5.59. The Hall–Kier alpha value is -3.40. The number of aliphatic imine (C=N–C) groups is 1. The van der Waals surface area contributed by atoms with Crippen LogP contribution in [0.2, 0.25) is 0 Å². The van der Waals surface area contributed by atoms with Gasteiger partial charge in [-0.05, 0) is 53.9 Å². The fourth-order valence-electron chi connectivity index (χ4n) is 2.78. The number of rotatable bonds is 5. The number of benzene rings is 2. The molecule has 0 fully saturated rings. The van der Waals surface area contributed by atoms with Gasteiger partial charge in [0, 0.05) is 23.5 Å². The molecule has 1 aromatic heterocycles. The van der Waals surface area contributed by atoms with Crippen LogP contribution in [0.25, 0.3) is 16.8 Å². The SMILES string of the molecule is C=C(N=C(OC)c1cc(-c2cccc(OC)c2)ccc1C)c1ccncc1. The van der Waals surface area contributed by atoms with E-state index in [1.807, 2.05) is 37.3 Å². The van der Waals surface area contributed by atoms with Gasteiger partial charge in [-0.2, -0.15) is 0 Å². The molecule has 0 saturated carbocycles. The molecule has 0 bridgehead atoms. The zero-order valence-corrected chi connectivity index (χ0v) is 15.8. The second-order valence-electron chi connectivity index (χ2n) is 6.07. The summed E-state index contributed by atoms with van der Waals surface area (Å²) in [5.74, 6) is 1.35. The van der Waals surface area contributed by atoms with E-state index in [4.69, 9.17) is 9.47 Å². The lowest BCUT2D eigenvalue weighted by atomic mass is 9.99. The van der Waals surface area contributed by atoms with Gasteiger partial charge in [-0.25, -0.2) is 4.99 Å². The minimum Gasteiger partial charge on any atom is -0.497 e. The van der Waals surface area contributed by atoms with Crippen molar-refractivity contribution in [3.63, 3.8) is 0 Å². The number of hydrogen-bond donors (Lipinski definition) is 0. The topological polar surface area (TPSA) is 43.7 Å². The van der Waals surface area contributed by atoms with Crippen molar-refractivity contribution in [3.05, 3.63) is 90.3 Å². The lowest BCUT2D eigenvalue weighted by molar-refractivity contribution is 0.405. The first kappa shape index (κ1) is 18.4. The van der Waals surface area contributed by atoms with Crippen molar-refractivity contribution in [2.24, 2.45) is 4.99 Å². The third-order valence-corrected chi connectivity index (χ3v) is 4.31. The van der Waals surface area contributed by atoms with Crippen LogP contribution in [-0.2, 0) is 4.74 Å². The van der Waals surface area contributed by atoms with Gasteiger partial charge in [0.25, 0.3) is 0 Å². The summed E-state index contributed by atoms with van der Waals surface area (Å²) in [4.78, 5) is 8.64. The van der Waals surface area contributed by atoms with E-state index in [1.54, 1.807) is 26.6 Å². The smallest absolute Gasteiger partial charge is 0.221 e. The largest absolute Gasteiger partial charge is 0.497 e. The molecule has 0 N–H and O–H groups in total. The fraction of sp³-hybridized carbons (Fsp3) is 0.130. The van der Waals surface area contributed by atoms with Crippen molar-refractivity contribution in [2.45, 2.75) is 6.92 Å². The predicted octanol–water partition coefficient (Wildman–Crippen LogP) is 5.13. The molecule has 0 saturated heterocycles. The minimum absolute atomic E-state index is 0.527. The highest BCUT2D eigenvalue weighted by atomic mass is 16.5. The summed E-state index contributed by atoms with van der Waals surface area (Å²) in [7, 11) is 3.29. The van der Waals surface area contributed by atoms with Gasteiger partial charge in [0.2, 0.25) is 5.90 Å². The molecule has 0 radical (unpaired) electrons. The Bertz CT molecular complexity index is 979. The van der Waals surface area contributed by atoms with E-state index in [0.29, 0.717) is 11.6 Å². The summed E-state index contributed by atoms with van der Waals surface area (Å²) < 4.78 is 10.9. The fourth-order valence-corrected chi connectivity index (χ4v) is 2.78. The van der Waals surface area contributed by atoms with Crippen molar-refractivity contribution < 1.29 is 9.47 Å². The van der Waals surface area contributed by atoms with Crippen LogP contribution >= 0.6 is 0 Å². The number of aryl methyl sites for hydroxylation is 1. The van der Waals surface area contributed by atoms with Crippen molar-refractivity contribution >= 4 is 11.6 Å². The van der Waals surface area contributed by atoms with E-state index in [1.165, 1.54) is 0 Å². The van der Waals surface area contributed by atoms with Crippen molar-refractivity contribution in [1.29, 1.82) is 0 Å². The highest BCUT2D eigenvalue weighted by Gasteiger charge is 2.11. The van der Waals surface area contributed by atoms with Gasteiger partial charge < -0.3 is 9.47 Å². The predicted molar refractivity (Wildman–Crippen MR) is 110 cm³/mol. The van der Waals surface area contributed by atoms with Gasteiger partial charge >= 0.3 is 0 Å². The minimum atomic E-state index is 0.527. The highest BCUT2D eigenvalue weighted by molar-refractivity contribution is 5.99. The zero-order valence-electron chi connectivity index (χ0n) is 15.8. The molecule has 1 heterocycles. The molecule has 0 aliphatic carbocycles. The zero-order chi connectivity index (χ0) is 19.2. The Morgan fingerprint density at radius 1 is 0.963 bits per heavy atom. The molecule has 136 valence electrons. The summed E-state index contributed by atoms with van der Waals surface area (Å²) in [6.45, 7) is 6.10. The van der Waals surface area contributed by atoms with Crippen molar-refractivity contribution in [1.82, 2.24) is 4.98 Å². The highest BCUT2D eigenvalue weighted by Crippen LogP contribution is 2.27. The first-order chi connectivity index (χ1) is 13.1. The third-order valence-electron chi connectivity index (χ3n) is 4.31. The molecule has 0 atom stereocenters. The van der Waals surface area contributed by atoms with Crippen LogP contribution < -0.4 is 4.74 Å². The number of hydrogen-bond acceptors (Lipinski definition) is 4. The Morgan fingerprint density at radius 3 is 2.41 bits per heavy atom. The first-order valence-corrected chi connectivity index (χ1v) is 8.60. The lowest BCUT2D eigenvalue weighted by Gasteiger charge is -2.12. The number of aromatic nitrogens is 1. The third kappa shape index (κ3) is 4.23. The van der Waals surface area contributed by atoms with Crippen LogP contribution in [-0.4, -0.2) is 25.1 Å². The molecule has 0 amide bonds. The summed E-state index contributed by atoms with van der Waals surface area (Å²) in [5, 5.41) is 0. The van der Waals surface area contributed by atoms with Crippen LogP contribution in [0.5, 0.6) is 5.75 Å². The normalized spacial score (nSPS) is 11.1. The second kappa shape index (κ2) is 8.32. The molecule has 4 nitrogen and oxygen atoms in total. The molecule has 3 aromatic rings. The van der Waals surface area contributed by atoms with Gasteiger partial charge in [0.05, 0.1) is 19.9 Å². The van der Waals surface area contributed by atoms with Gasteiger partial charge in [0.15, 0.2) is 0 Å². The van der Waals surface area contributed by atoms with Gasteiger partial charge in [-0.3, -0.25) is 4.98 Å². The summed E-state index contributed by atoms with van der Waals surface area (Å²) in [5.41, 5.74) is 5.66. The van der Waals surface area contributed by atoms with Crippen LogP contribution in [0, 0.1) is 6.92 Å². The van der Waals surface area contributed by atoms with E-state index in [9.17, 15) is 0 Å². The van der Waals surface area contributed by atoms with Gasteiger partial charge in [0.1, 0.15) is 5.75 Å². The average molecular weight is 358 g/mol. The molecule has 0 aliphatic heterocycles. The molecule has 4 heteroatoms. The molecule has 0 spiro atoms. The van der Waals surface area contributed by atoms with E-state index in [0.717, 1.165) is 33.6 Å². The molecule has 3 rings (SSSR count). The quantitative estimate of drug-likeness (QED) is 0.469. The van der Waals surface area contributed by atoms with Gasteiger partial charge in [-0.15, -0.1) is 0 Å². The molecule has 2 aromatic carbocycles. The average Bonchev–Trinajstić information content (AvgIpc) is 2.73. The maximum atomic E-state index is 5.59. The molecule has 0 aliphatic rings. The van der Waals surface area contributed by atoms with Crippen LogP contribution in [0.15, 0.2) is 78.6 Å². The number of methoxy groups -OCH3 is 2. The first-order valence-electron chi connectivity index (χ1n) is 8.60. The maximum Gasteiger partial charge on any atom is 0.221 e. The van der Waals surface area contributed by atoms with Gasteiger partial charge in [-0.1, -0.05) is 30.8 Å². The Balaban J connectivity index is 2.01. The van der Waals surface area contributed by atoms with Crippen molar-refractivity contribution in [3.8, 4) is 16.9 Å². The van der Waals surface area contributed by atoms with Crippen LogP contribution in [0.4, 0.5) is 0 Å². The number of nitrogens with zero attached hydrogens (tertiary/aromatic N) is 2. The Labute approximate surface area is 159 Å². The van der Waals surface area contributed by atoms with Crippen LogP contribution in [0.1, 0.15) is 16.7 Å². The van der Waals surface area contributed by atoms with Crippen molar-refractivity contribution in [2.75, 3.05) is 14.2 Å². The van der Waals surface area contributed by atoms with E-state index >= 15 is 0 Å². The van der Waals surface area contributed by atoms with E-state index in [-0.39, 0.29) is 0 Å². The van der Waals surface area contributed by atoms with Crippen LogP contribution in [0.3, 0.4) is 0 Å². The Morgan fingerprint density at radius 2 is 1.70 bits per heavy atom. The summed E-state index contributed by atoms with van der Waals surface area (Å²) in [6.07, 6.45) is 3.44. The monoisotopic (exact) mass is 358 g/mol. The molecule has 27 heavy (non-hydrogen) atoms.